The number of likely N-dealkylation sites (tertiary alicyclic amines) is 1. The number of amides is 2. The second-order valence-electron chi connectivity index (χ2n) is 8.23. The smallest absolute Gasteiger partial charge is 0.315 e. The maximum Gasteiger partial charge on any atom is 0.315 e. The monoisotopic (exact) mass is 490 g/mol. The third-order valence-corrected chi connectivity index (χ3v) is 7.85. The van der Waals surface area contributed by atoms with Gasteiger partial charge in [0.05, 0.1) is 16.7 Å². The molecule has 11 nitrogen and oxygen atoms in total. The summed E-state index contributed by atoms with van der Waals surface area (Å²) in [7, 11) is -2.20. The number of rotatable bonds is 7. The van der Waals surface area contributed by atoms with Gasteiger partial charge in [-0.25, -0.2) is 8.42 Å². The normalized spacial score (nSPS) is 18.3. The van der Waals surface area contributed by atoms with Gasteiger partial charge < -0.3 is 24.2 Å². The number of aromatic hydroxyl groups is 1. The standard InChI is InChI=1S/C22H26N4O7S/c1-33-14-17(27)25-9-5-8-16(25)20-23-21(29)19(28)18-22(30)24(10-11-26(18)20)12-13-34(31,32)15-6-3-2-4-7-15/h2-4,6-7,16,28H,5,8-14H2,1H3. The molecule has 2 amide bonds. The Balaban J connectivity index is 1.61. The van der Waals surface area contributed by atoms with Crippen LogP contribution in [0.1, 0.15) is 35.2 Å². The zero-order valence-electron chi connectivity index (χ0n) is 18.7. The number of hydrogen-bond acceptors (Lipinski definition) is 8. The van der Waals surface area contributed by atoms with Crippen molar-refractivity contribution in [2.24, 2.45) is 0 Å². The molecule has 1 aromatic carbocycles. The van der Waals surface area contributed by atoms with Crippen molar-refractivity contribution in [3.05, 3.63) is 52.2 Å². The summed E-state index contributed by atoms with van der Waals surface area (Å²) in [5, 5.41) is 10.4. The molecule has 1 fully saturated rings. The first-order valence-corrected chi connectivity index (χ1v) is 12.6. The minimum Gasteiger partial charge on any atom is -0.501 e. The molecule has 182 valence electrons. The molecule has 0 spiro atoms. The van der Waals surface area contributed by atoms with Gasteiger partial charge in [0, 0.05) is 33.3 Å². The van der Waals surface area contributed by atoms with Crippen LogP contribution < -0.4 is 5.56 Å². The number of nitrogens with zero attached hydrogens (tertiary/aromatic N) is 4. The van der Waals surface area contributed by atoms with Gasteiger partial charge in [-0.3, -0.25) is 14.4 Å². The summed E-state index contributed by atoms with van der Waals surface area (Å²) < 4.78 is 31.7. The van der Waals surface area contributed by atoms with E-state index in [9.17, 15) is 27.9 Å². The fraction of sp³-hybridized carbons (Fsp3) is 0.455. The molecular weight excluding hydrogens is 464 g/mol. The van der Waals surface area contributed by atoms with Gasteiger partial charge in [0.15, 0.2) is 15.5 Å². The van der Waals surface area contributed by atoms with Crippen LogP contribution in [0.3, 0.4) is 0 Å². The Bertz CT molecular complexity index is 1260. The molecule has 12 heteroatoms. The van der Waals surface area contributed by atoms with E-state index in [0.29, 0.717) is 19.4 Å². The lowest BCUT2D eigenvalue weighted by molar-refractivity contribution is -0.136. The van der Waals surface area contributed by atoms with Crippen LogP contribution in [-0.4, -0.2) is 83.8 Å². The van der Waals surface area contributed by atoms with Gasteiger partial charge in [0.2, 0.25) is 11.7 Å². The quantitative estimate of drug-likeness (QED) is 0.580. The molecule has 2 aromatic rings. The average molecular weight is 491 g/mol. The van der Waals surface area contributed by atoms with Crippen molar-refractivity contribution in [1.82, 2.24) is 19.4 Å². The maximum atomic E-state index is 13.2. The van der Waals surface area contributed by atoms with E-state index in [2.05, 4.69) is 4.98 Å². The summed E-state index contributed by atoms with van der Waals surface area (Å²) in [5.74, 6) is -1.74. The van der Waals surface area contributed by atoms with Gasteiger partial charge in [-0.05, 0) is 25.0 Å². The summed E-state index contributed by atoms with van der Waals surface area (Å²) in [4.78, 5) is 45.2. The third-order valence-electron chi connectivity index (χ3n) is 6.14. The fourth-order valence-corrected chi connectivity index (χ4v) is 5.73. The summed E-state index contributed by atoms with van der Waals surface area (Å²) >= 11 is 0. The van der Waals surface area contributed by atoms with Crippen molar-refractivity contribution in [3.8, 4) is 5.75 Å². The summed E-state index contributed by atoms with van der Waals surface area (Å²) in [6.07, 6.45) is 1.25. The van der Waals surface area contributed by atoms with E-state index in [1.165, 1.54) is 28.7 Å². The highest BCUT2D eigenvalue weighted by Crippen LogP contribution is 2.33. The Morgan fingerprint density at radius 3 is 2.62 bits per heavy atom. The largest absolute Gasteiger partial charge is 0.501 e. The molecular formula is C22H26N4O7S. The van der Waals surface area contributed by atoms with Crippen molar-refractivity contribution in [3.63, 3.8) is 0 Å². The Labute approximate surface area is 196 Å². The SMILES string of the molecule is COCC(=O)N1CCCC1c1nc(=O)c(O)c2n1CCN(CCS(=O)(=O)c1ccccc1)C2=O. The molecule has 2 aliphatic heterocycles. The van der Waals surface area contributed by atoms with Crippen molar-refractivity contribution in [2.75, 3.05) is 39.1 Å². The molecule has 0 saturated carbocycles. The van der Waals surface area contributed by atoms with Gasteiger partial charge >= 0.3 is 5.56 Å². The molecule has 0 aliphatic carbocycles. The minimum atomic E-state index is -3.62. The van der Waals surface area contributed by atoms with E-state index in [1.807, 2.05) is 0 Å². The van der Waals surface area contributed by atoms with Crippen molar-refractivity contribution in [1.29, 1.82) is 0 Å². The highest BCUT2D eigenvalue weighted by molar-refractivity contribution is 7.91. The van der Waals surface area contributed by atoms with Gasteiger partial charge in [-0.2, -0.15) is 4.98 Å². The van der Waals surface area contributed by atoms with E-state index >= 15 is 0 Å². The van der Waals surface area contributed by atoms with Crippen molar-refractivity contribution >= 4 is 21.7 Å². The van der Waals surface area contributed by atoms with E-state index < -0.39 is 33.1 Å². The predicted octanol–water partition coefficient (Wildman–Crippen LogP) is 0.189. The predicted molar refractivity (Wildman–Crippen MR) is 120 cm³/mol. The molecule has 1 saturated heterocycles. The molecule has 1 aromatic heterocycles. The van der Waals surface area contributed by atoms with E-state index in [0.717, 1.165) is 0 Å². The van der Waals surface area contributed by atoms with E-state index in [-0.39, 0.29) is 54.3 Å². The Kier molecular flexibility index (Phi) is 6.71. The molecule has 1 N–H and O–H groups in total. The molecule has 1 unspecified atom stereocenters. The fourth-order valence-electron chi connectivity index (χ4n) is 4.46. The van der Waals surface area contributed by atoms with Crippen LogP contribution in [-0.2, 0) is 25.9 Å². The summed E-state index contributed by atoms with van der Waals surface area (Å²) in [6.45, 7) is 0.630. The zero-order chi connectivity index (χ0) is 24.5. The molecule has 0 bridgehead atoms. The number of carbonyl (C=O) groups excluding carboxylic acids is 2. The molecule has 34 heavy (non-hydrogen) atoms. The van der Waals surface area contributed by atoms with Gasteiger partial charge in [0.1, 0.15) is 12.4 Å². The number of benzene rings is 1. The van der Waals surface area contributed by atoms with E-state index in [4.69, 9.17) is 4.74 Å². The van der Waals surface area contributed by atoms with Crippen molar-refractivity contribution in [2.45, 2.75) is 30.3 Å². The van der Waals surface area contributed by atoms with Gasteiger partial charge in [-0.15, -0.1) is 0 Å². The van der Waals surface area contributed by atoms with Crippen LogP contribution >= 0.6 is 0 Å². The van der Waals surface area contributed by atoms with Crippen LogP contribution in [0.4, 0.5) is 0 Å². The Morgan fingerprint density at radius 1 is 1.18 bits per heavy atom. The first-order valence-electron chi connectivity index (χ1n) is 10.9. The molecule has 3 heterocycles. The van der Waals surface area contributed by atoms with Crippen molar-refractivity contribution < 1.29 is 27.9 Å². The molecule has 0 radical (unpaired) electrons. The number of fused-ring (bicyclic) bond motifs is 1. The summed E-state index contributed by atoms with van der Waals surface area (Å²) in [5.41, 5.74) is -1.19. The lowest BCUT2D eigenvalue weighted by atomic mass is 10.1. The topological polar surface area (TPSA) is 139 Å². The number of ether oxygens (including phenoxy) is 1. The van der Waals surface area contributed by atoms with Gasteiger partial charge in [0.25, 0.3) is 5.91 Å². The summed E-state index contributed by atoms with van der Waals surface area (Å²) in [6, 6.07) is 7.42. The Morgan fingerprint density at radius 2 is 1.91 bits per heavy atom. The number of methoxy groups -OCH3 is 1. The number of sulfone groups is 1. The first-order chi connectivity index (χ1) is 16.2. The van der Waals surface area contributed by atoms with Crippen LogP contribution in [0.25, 0.3) is 0 Å². The zero-order valence-corrected chi connectivity index (χ0v) is 19.5. The third kappa shape index (κ3) is 4.42. The highest BCUT2D eigenvalue weighted by atomic mass is 32.2. The Hall–Kier alpha value is -3.25. The van der Waals surface area contributed by atoms with Crippen LogP contribution in [0.2, 0.25) is 0 Å². The second-order valence-corrected chi connectivity index (χ2v) is 10.3. The lowest BCUT2D eigenvalue weighted by Gasteiger charge is -2.33. The molecule has 2 aliphatic rings. The number of carbonyl (C=O) groups is 2. The maximum absolute atomic E-state index is 13.2. The second kappa shape index (κ2) is 9.55. The lowest BCUT2D eigenvalue weighted by Crippen LogP contribution is -2.46. The molecule has 4 rings (SSSR count). The van der Waals surface area contributed by atoms with Crippen LogP contribution in [0, 0.1) is 0 Å². The first kappa shape index (κ1) is 23.9. The van der Waals surface area contributed by atoms with E-state index in [1.54, 1.807) is 23.1 Å². The molecule has 1 atom stereocenters. The van der Waals surface area contributed by atoms with Gasteiger partial charge in [-0.1, -0.05) is 18.2 Å². The highest BCUT2D eigenvalue weighted by Gasteiger charge is 2.38. The minimum absolute atomic E-state index is 0.0940. The van der Waals surface area contributed by atoms with Crippen LogP contribution in [0.5, 0.6) is 5.75 Å². The van der Waals surface area contributed by atoms with Crippen LogP contribution in [0.15, 0.2) is 40.0 Å². The average Bonchev–Trinajstić information content (AvgIpc) is 3.31. The number of aromatic nitrogens is 2. The number of hydrogen-bond donors (Lipinski definition) is 1.